The van der Waals surface area contributed by atoms with Gasteiger partial charge in [0.15, 0.2) is 0 Å². The van der Waals surface area contributed by atoms with Gasteiger partial charge in [0.25, 0.3) is 0 Å². The van der Waals surface area contributed by atoms with Crippen molar-refractivity contribution in [2.75, 3.05) is 0 Å². The van der Waals surface area contributed by atoms with E-state index in [2.05, 4.69) is 36.7 Å². The average Bonchev–Trinajstić information content (AvgIpc) is 2.71. The topological polar surface area (TPSA) is 117 Å². The number of hydrogen-bond donors (Lipinski definition) is 4. The van der Waals surface area contributed by atoms with Gasteiger partial charge in [0, 0.05) is 0 Å². The van der Waals surface area contributed by atoms with Crippen molar-refractivity contribution >= 4 is 17.9 Å². The average molecular weight is 486 g/mol. The summed E-state index contributed by atoms with van der Waals surface area (Å²) in [5, 5.41) is 19.2. The number of carbonyl (C=O) groups is 3. The fourth-order valence-electron chi connectivity index (χ4n) is 3.76. The minimum absolute atomic E-state index is 0.180. The van der Waals surface area contributed by atoms with Crippen molar-refractivity contribution in [2.24, 2.45) is 17.8 Å². The lowest BCUT2D eigenvalue weighted by Crippen LogP contribution is -2.58. The molecule has 0 rings (SSSR count). The second-order valence-corrected chi connectivity index (χ2v) is 10.7. The van der Waals surface area contributed by atoms with Gasteiger partial charge in [-0.3, -0.25) is 9.59 Å². The van der Waals surface area contributed by atoms with Crippen LogP contribution in [0.2, 0.25) is 0 Å². The van der Waals surface area contributed by atoms with Crippen molar-refractivity contribution in [3.05, 3.63) is 0 Å². The Kier molecular flexibility index (Phi) is 15.8. The van der Waals surface area contributed by atoms with Crippen LogP contribution in [0, 0.1) is 17.8 Å². The van der Waals surface area contributed by atoms with Crippen molar-refractivity contribution in [3.63, 3.8) is 0 Å². The highest BCUT2D eigenvalue weighted by Gasteiger charge is 2.32. The molecule has 34 heavy (non-hydrogen) atoms. The Balaban J connectivity index is 5.33. The number of aliphatic hydroxyl groups is 1. The van der Waals surface area contributed by atoms with Crippen LogP contribution in [0.25, 0.3) is 0 Å². The summed E-state index contributed by atoms with van der Waals surface area (Å²) in [4.78, 5) is 38.3. The summed E-state index contributed by atoms with van der Waals surface area (Å²) in [6.07, 6.45) is 3.90. The van der Waals surface area contributed by atoms with E-state index in [4.69, 9.17) is 4.74 Å². The molecule has 3 amide bonds. The zero-order chi connectivity index (χ0) is 26.4. The largest absolute Gasteiger partial charge is 0.447 e. The molecular weight excluding hydrogens is 434 g/mol. The first-order valence-electron chi connectivity index (χ1n) is 13.1. The molecule has 0 aliphatic carbocycles. The number of alkyl carbamates (subject to hydrolysis) is 1. The van der Waals surface area contributed by atoms with Crippen molar-refractivity contribution in [2.45, 2.75) is 131 Å². The molecule has 0 saturated carbocycles. The predicted octanol–water partition coefficient (Wildman–Crippen LogP) is 4.15. The summed E-state index contributed by atoms with van der Waals surface area (Å²) < 4.78 is 5.11. The molecule has 8 heteroatoms. The predicted molar refractivity (Wildman–Crippen MR) is 136 cm³/mol. The highest BCUT2D eigenvalue weighted by atomic mass is 16.6. The molecular formula is C26H51N3O5. The second kappa shape index (κ2) is 16.7. The SMILES string of the molecule is CCCCCCC(O)C(CC(C)C)NC(=O)[C@@H](NC(=O)[C@@H](NC(=O)OC(C)C)C(C)C)C(C)C. The third-order valence-electron chi connectivity index (χ3n) is 5.68. The van der Waals surface area contributed by atoms with Crippen LogP contribution in [-0.4, -0.2) is 53.3 Å². The summed E-state index contributed by atoms with van der Waals surface area (Å²) in [6.45, 7) is 17.1. The third kappa shape index (κ3) is 13.2. The van der Waals surface area contributed by atoms with Crippen LogP contribution < -0.4 is 16.0 Å². The Morgan fingerprint density at radius 3 is 1.76 bits per heavy atom. The van der Waals surface area contributed by atoms with Crippen LogP contribution >= 0.6 is 0 Å². The molecule has 0 aromatic rings. The highest BCUT2D eigenvalue weighted by Crippen LogP contribution is 2.16. The molecule has 200 valence electrons. The van der Waals surface area contributed by atoms with E-state index in [0.717, 1.165) is 25.7 Å². The van der Waals surface area contributed by atoms with Crippen molar-refractivity contribution in [1.82, 2.24) is 16.0 Å². The van der Waals surface area contributed by atoms with E-state index in [1.165, 1.54) is 0 Å². The number of rotatable bonds is 16. The van der Waals surface area contributed by atoms with E-state index in [0.29, 0.717) is 18.8 Å². The van der Waals surface area contributed by atoms with Crippen LogP contribution in [0.5, 0.6) is 0 Å². The molecule has 0 spiro atoms. The Labute approximate surface area is 207 Å². The van der Waals surface area contributed by atoms with E-state index in [1.54, 1.807) is 13.8 Å². The highest BCUT2D eigenvalue weighted by molar-refractivity contribution is 5.91. The molecule has 8 nitrogen and oxygen atoms in total. The first kappa shape index (κ1) is 32.2. The number of amides is 3. The van der Waals surface area contributed by atoms with E-state index >= 15 is 0 Å². The summed E-state index contributed by atoms with van der Waals surface area (Å²) in [5.74, 6) is -0.849. The number of ether oxygens (including phenoxy) is 1. The van der Waals surface area contributed by atoms with Gasteiger partial charge in [0.2, 0.25) is 11.8 Å². The van der Waals surface area contributed by atoms with E-state index in [-0.39, 0.29) is 29.9 Å². The first-order valence-corrected chi connectivity index (χ1v) is 13.1. The van der Waals surface area contributed by atoms with Gasteiger partial charge in [0.1, 0.15) is 12.1 Å². The molecule has 0 fully saturated rings. The fourth-order valence-corrected chi connectivity index (χ4v) is 3.76. The van der Waals surface area contributed by atoms with Gasteiger partial charge < -0.3 is 25.8 Å². The van der Waals surface area contributed by atoms with E-state index in [9.17, 15) is 19.5 Å². The minimum atomic E-state index is -0.837. The summed E-state index contributed by atoms with van der Waals surface area (Å²) in [7, 11) is 0. The van der Waals surface area contributed by atoms with Crippen molar-refractivity contribution < 1.29 is 24.2 Å². The summed E-state index contributed by atoms with van der Waals surface area (Å²) in [6, 6.07) is -2.01. The number of hydrogen-bond acceptors (Lipinski definition) is 5. The zero-order valence-electron chi connectivity index (χ0n) is 22.9. The van der Waals surface area contributed by atoms with E-state index < -0.39 is 30.2 Å². The molecule has 0 heterocycles. The molecule has 0 aliphatic rings. The van der Waals surface area contributed by atoms with Gasteiger partial charge >= 0.3 is 6.09 Å². The molecule has 0 bridgehead atoms. The molecule has 0 aromatic heterocycles. The lowest BCUT2D eigenvalue weighted by Gasteiger charge is -2.31. The normalized spacial score (nSPS) is 15.2. The van der Waals surface area contributed by atoms with Gasteiger partial charge in [0.05, 0.1) is 18.2 Å². The Hall–Kier alpha value is -1.83. The maximum Gasteiger partial charge on any atom is 0.408 e. The van der Waals surface area contributed by atoms with Crippen LogP contribution in [0.4, 0.5) is 4.79 Å². The number of carbonyl (C=O) groups excluding carboxylic acids is 3. The Morgan fingerprint density at radius 1 is 0.765 bits per heavy atom. The molecule has 0 aromatic carbocycles. The molecule has 0 aliphatic heterocycles. The first-order chi connectivity index (χ1) is 15.8. The lowest BCUT2D eigenvalue weighted by atomic mass is 9.94. The summed E-state index contributed by atoms with van der Waals surface area (Å²) in [5.41, 5.74) is 0. The fraction of sp³-hybridized carbons (Fsp3) is 0.885. The maximum atomic E-state index is 13.2. The second-order valence-electron chi connectivity index (χ2n) is 10.7. The molecule has 0 radical (unpaired) electrons. The monoisotopic (exact) mass is 485 g/mol. The van der Waals surface area contributed by atoms with Gasteiger partial charge in [-0.1, -0.05) is 74.1 Å². The lowest BCUT2D eigenvalue weighted by molar-refractivity contribution is -0.132. The van der Waals surface area contributed by atoms with Crippen LogP contribution in [0.1, 0.15) is 101 Å². The van der Waals surface area contributed by atoms with Gasteiger partial charge in [-0.25, -0.2) is 4.79 Å². The van der Waals surface area contributed by atoms with Crippen LogP contribution in [0.3, 0.4) is 0 Å². The van der Waals surface area contributed by atoms with Gasteiger partial charge in [-0.15, -0.1) is 0 Å². The molecule has 0 saturated heterocycles. The smallest absolute Gasteiger partial charge is 0.408 e. The third-order valence-corrected chi connectivity index (χ3v) is 5.68. The number of aliphatic hydroxyl groups excluding tert-OH is 1. The minimum Gasteiger partial charge on any atom is -0.447 e. The van der Waals surface area contributed by atoms with Crippen molar-refractivity contribution in [3.8, 4) is 0 Å². The zero-order valence-corrected chi connectivity index (χ0v) is 22.9. The molecule has 4 N–H and O–H groups in total. The number of nitrogens with one attached hydrogen (secondary N) is 3. The van der Waals surface area contributed by atoms with Gasteiger partial charge in [-0.05, 0) is 44.4 Å². The number of unbranched alkanes of at least 4 members (excludes halogenated alkanes) is 3. The van der Waals surface area contributed by atoms with E-state index in [1.807, 2.05) is 27.7 Å². The summed E-state index contributed by atoms with van der Waals surface area (Å²) >= 11 is 0. The Bertz CT molecular complexity index is 607. The quantitative estimate of drug-likeness (QED) is 0.245. The van der Waals surface area contributed by atoms with Crippen LogP contribution in [-0.2, 0) is 14.3 Å². The molecule has 4 atom stereocenters. The Morgan fingerprint density at radius 2 is 1.29 bits per heavy atom. The standard InChI is InChI=1S/C26H51N3O5/c1-10-11-12-13-14-21(30)20(15-16(2)3)27-24(31)22(17(4)5)28-25(32)23(18(6)7)29-26(33)34-19(8)9/h16-23,30H,10-15H2,1-9H3,(H,27,31)(H,28,32)(H,29,33)/t20?,21?,22-,23-/m0/s1. The van der Waals surface area contributed by atoms with Gasteiger partial charge in [-0.2, -0.15) is 0 Å². The maximum absolute atomic E-state index is 13.2. The van der Waals surface area contributed by atoms with Crippen LogP contribution in [0.15, 0.2) is 0 Å². The molecule has 2 unspecified atom stereocenters. The van der Waals surface area contributed by atoms with Crippen molar-refractivity contribution in [1.29, 1.82) is 0 Å².